The number of benzene rings is 2. The minimum Gasteiger partial charge on any atom is -0.478 e. The Bertz CT molecular complexity index is 2330. The summed E-state index contributed by atoms with van der Waals surface area (Å²) in [5, 5.41) is 14.9. The van der Waals surface area contributed by atoms with Crippen LogP contribution in [0.2, 0.25) is 0 Å². The van der Waals surface area contributed by atoms with Gasteiger partial charge in [-0.15, -0.1) is 0 Å². The first-order chi connectivity index (χ1) is 25.2. The van der Waals surface area contributed by atoms with Crippen LogP contribution in [-0.2, 0) is 17.1 Å². The number of anilines is 2. The summed E-state index contributed by atoms with van der Waals surface area (Å²) in [6.45, 7) is 0. The second-order valence-electron chi connectivity index (χ2n) is 12.1. The van der Waals surface area contributed by atoms with Gasteiger partial charge in [-0.1, -0.05) is 0 Å². The van der Waals surface area contributed by atoms with Crippen LogP contribution in [0.3, 0.4) is 0 Å². The molecule has 2 fully saturated rings. The van der Waals surface area contributed by atoms with Gasteiger partial charge in [-0.3, -0.25) is 9.13 Å². The number of alkyl halides is 6. The second-order valence-corrected chi connectivity index (χ2v) is 12.1. The number of carbonyl (C=O) groups is 2. The van der Waals surface area contributed by atoms with Crippen molar-refractivity contribution >= 4 is 45.9 Å². The molecule has 20 heteroatoms. The molecule has 0 spiro atoms. The molecule has 2 aliphatic carbocycles. The van der Waals surface area contributed by atoms with E-state index < -0.39 is 35.9 Å². The number of ether oxygens (including phenoxy) is 1. The highest BCUT2D eigenvalue weighted by Crippen LogP contribution is 2.35. The van der Waals surface area contributed by atoms with Gasteiger partial charge in [0.15, 0.2) is 34.0 Å². The normalized spacial score (nSPS) is 14.5. The zero-order valence-corrected chi connectivity index (χ0v) is 27.3. The lowest BCUT2D eigenvalue weighted by molar-refractivity contribution is -0.145. The van der Waals surface area contributed by atoms with E-state index in [0.717, 1.165) is 25.7 Å². The number of methoxy groups -OCH3 is 1. The fourth-order valence-corrected chi connectivity index (χ4v) is 5.12. The highest BCUT2D eigenvalue weighted by molar-refractivity contribution is 5.90. The average molecular weight is 741 g/mol. The van der Waals surface area contributed by atoms with E-state index in [1.165, 1.54) is 65.3 Å². The number of hydrogen-bond acceptors (Lipinski definition) is 11. The Balaban J connectivity index is 0.000000164. The van der Waals surface area contributed by atoms with Crippen molar-refractivity contribution in [2.75, 3.05) is 17.7 Å². The van der Waals surface area contributed by atoms with E-state index in [1.54, 1.807) is 12.1 Å². The molecule has 8 rings (SSSR count). The molecule has 2 saturated carbocycles. The van der Waals surface area contributed by atoms with Gasteiger partial charge in [0.05, 0.1) is 18.2 Å². The van der Waals surface area contributed by atoms with Gasteiger partial charge in [0.2, 0.25) is 11.6 Å². The number of rotatable bonds is 8. The van der Waals surface area contributed by atoms with Crippen molar-refractivity contribution in [3.05, 3.63) is 84.0 Å². The monoisotopic (exact) mass is 740 g/mol. The molecule has 0 aliphatic heterocycles. The van der Waals surface area contributed by atoms with Crippen LogP contribution in [0.5, 0.6) is 0 Å². The standard InChI is InChI=1S/C17H14F3N5O2.C16H12F3N5O2/c1-27-15(26)9-2-6-11(7-3-9)25-8-21-12-13(22-10-4-5-10)23-16(17(18,19)20)24-14(12)25;17-16(18,19)15-22-12(21-9-3-4-9)11-13(23-15)24(7-20-11)10-5-1-8(2-6-10)14(25)26/h2-3,6-8,10H,4-5H2,1H3,(H,22,23,24);1-2,5-7,9H,3-4H2,(H,25,26)(H,21,22,23). The lowest BCUT2D eigenvalue weighted by atomic mass is 10.2. The topological polar surface area (TPSA) is 175 Å². The molecule has 0 saturated heterocycles. The Morgan fingerprint density at radius 3 is 1.42 bits per heavy atom. The SMILES string of the molecule is COC(=O)c1ccc(-n2cnc3c(NC4CC4)nc(C(F)(F)F)nc32)cc1.O=C(O)c1ccc(-n2cnc3c(NC4CC4)nc(C(F)(F)F)nc32)cc1. The number of imidazole rings is 2. The summed E-state index contributed by atoms with van der Waals surface area (Å²) in [4.78, 5) is 45.4. The minimum atomic E-state index is -4.70. The van der Waals surface area contributed by atoms with Crippen molar-refractivity contribution in [1.29, 1.82) is 0 Å². The van der Waals surface area contributed by atoms with Gasteiger partial charge in [-0.05, 0) is 74.2 Å². The molecule has 3 N–H and O–H groups in total. The van der Waals surface area contributed by atoms with E-state index >= 15 is 0 Å². The van der Waals surface area contributed by atoms with Crippen LogP contribution in [0.25, 0.3) is 33.7 Å². The van der Waals surface area contributed by atoms with Crippen LogP contribution in [-0.4, -0.2) is 75.3 Å². The van der Waals surface area contributed by atoms with Crippen LogP contribution in [0.15, 0.2) is 61.2 Å². The molecule has 2 aliphatic rings. The van der Waals surface area contributed by atoms with E-state index in [0.29, 0.717) is 16.9 Å². The number of carboxylic acid groups (broad SMARTS) is 1. The van der Waals surface area contributed by atoms with E-state index in [4.69, 9.17) is 5.11 Å². The number of fused-ring (bicyclic) bond motifs is 2. The van der Waals surface area contributed by atoms with Crippen molar-refractivity contribution in [2.24, 2.45) is 0 Å². The van der Waals surface area contributed by atoms with Gasteiger partial charge in [-0.2, -0.15) is 26.3 Å². The molecule has 6 aromatic rings. The molecule has 4 heterocycles. The molecule has 0 atom stereocenters. The fourth-order valence-electron chi connectivity index (χ4n) is 5.12. The number of nitrogens with one attached hydrogen (secondary N) is 2. The summed E-state index contributed by atoms with van der Waals surface area (Å²) in [6, 6.07) is 12.1. The first-order valence-corrected chi connectivity index (χ1v) is 15.9. The van der Waals surface area contributed by atoms with E-state index in [2.05, 4.69) is 45.3 Å². The highest BCUT2D eigenvalue weighted by atomic mass is 19.4. The van der Waals surface area contributed by atoms with Crippen LogP contribution in [0.4, 0.5) is 38.0 Å². The molecule has 4 aromatic heterocycles. The Morgan fingerprint density at radius 2 is 1.08 bits per heavy atom. The summed E-state index contributed by atoms with van der Waals surface area (Å²) in [7, 11) is 1.27. The number of esters is 1. The molecule has 14 nitrogen and oxygen atoms in total. The lowest BCUT2D eigenvalue weighted by Gasteiger charge is -2.11. The average Bonchev–Trinajstić information content (AvgIpc) is 4.04. The lowest BCUT2D eigenvalue weighted by Crippen LogP contribution is -2.15. The highest BCUT2D eigenvalue weighted by Gasteiger charge is 2.38. The molecule has 0 radical (unpaired) electrons. The Morgan fingerprint density at radius 1 is 0.679 bits per heavy atom. The van der Waals surface area contributed by atoms with Crippen molar-refractivity contribution in [2.45, 2.75) is 50.1 Å². The Labute approximate surface area is 293 Å². The van der Waals surface area contributed by atoms with Crippen molar-refractivity contribution in [3.8, 4) is 11.4 Å². The maximum absolute atomic E-state index is 13.2. The first kappa shape index (κ1) is 35.1. The smallest absolute Gasteiger partial charge is 0.451 e. The molecular weight excluding hydrogens is 714 g/mol. The number of aromatic nitrogens is 8. The maximum Gasteiger partial charge on any atom is 0.451 e. The second kappa shape index (κ2) is 13.3. The third-order valence-corrected chi connectivity index (χ3v) is 8.09. The largest absolute Gasteiger partial charge is 0.478 e. The summed E-state index contributed by atoms with van der Waals surface area (Å²) in [5.41, 5.74) is 1.87. The molecule has 0 bridgehead atoms. The van der Waals surface area contributed by atoms with Gasteiger partial charge in [0.1, 0.15) is 12.7 Å². The quantitative estimate of drug-likeness (QED) is 0.118. The molecule has 0 amide bonds. The van der Waals surface area contributed by atoms with Crippen LogP contribution in [0.1, 0.15) is 58.0 Å². The summed E-state index contributed by atoms with van der Waals surface area (Å²) in [5.74, 6) is -3.96. The molecular formula is C33H26F6N10O4. The van der Waals surface area contributed by atoms with Gasteiger partial charge in [0, 0.05) is 23.5 Å². The van der Waals surface area contributed by atoms with E-state index in [-0.39, 0.29) is 51.6 Å². The Hall–Kier alpha value is -6.34. The van der Waals surface area contributed by atoms with Crippen molar-refractivity contribution in [3.63, 3.8) is 0 Å². The summed E-state index contributed by atoms with van der Waals surface area (Å²) in [6.07, 6.45) is -3.17. The first-order valence-electron chi connectivity index (χ1n) is 15.9. The van der Waals surface area contributed by atoms with Crippen molar-refractivity contribution < 1.29 is 45.8 Å². The molecule has 274 valence electrons. The zero-order valence-electron chi connectivity index (χ0n) is 27.3. The zero-order chi connectivity index (χ0) is 37.7. The minimum absolute atomic E-state index is 0.00134. The number of halogens is 6. The van der Waals surface area contributed by atoms with Gasteiger partial charge >= 0.3 is 24.3 Å². The number of nitrogens with zero attached hydrogens (tertiary/aromatic N) is 8. The van der Waals surface area contributed by atoms with Gasteiger partial charge in [0.25, 0.3) is 0 Å². The molecule has 0 unspecified atom stereocenters. The number of hydrogen-bond donors (Lipinski definition) is 3. The molecule has 2 aromatic carbocycles. The van der Waals surface area contributed by atoms with Crippen LogP contribution in [0, 0.1) is 0 Å². The predicted molar refractivity (Wildman–Crippen MR) is 175 cm³/mol. The third-order valence-electron chi connectivity index (χ3n) is 8.09. The molecule has 53 heavy (non-hydrogen) atoms. The maximum atomic E-state index is 13.2. The van der Waals surface area contributed by atoms with E-state index in [9.17, 15) is 35.9 Å². The van der Waals surface area contributed by atoms with E-state index in [1.807, 2.05) is 0 Å². The van der Waals surface area contributed by atoms with Crippen LogP contribution >= 0.6 is 0 Å². The Kier molecular flexibility index (Phi) is 8.82. The summed E-state index contributed by atoms with van der Waals surface area (Å²) >= 11 is 0. The third kappa shape index (κ3) is 7.51. The predicted octanol–water partition coefficient (Wildman–Crippen LogP) is 6.30. The number of carboxylic acids is 1. The van der Waals surface area contributed by atoms with Gasteiger partial charge in [-0.25, -0.2) is 39.5 Å². The summed E-state index contributed by atoms with van der Waals surface area (Å²) < 4.78 is 86.7. The van der Waals surface area contributed by atoms with Crippen molar-refractivity contribution in [1.82, 2.24) is 39.0 Å². The van der Waals surface area contributed by atoms with Gasteiger partial charge < -0.3 is 20.5 Å². The number of carbonyl (C=O) groups excluding carboxylic acids is 1. The van der Waals surface area contributed by atoms with Crippen LogP contribution < -0.4 is 10.6 Å². The number of aromatic carboxylic acids is 1. The fraction of sp³-hybridized carbons (Fsp3) is 0.273.